The number of hydrogen-bond donors (Lipinski definition) is 0. The van der Waals surface area contributed by atoms with E-state index >= 15 is 0 Å². The molecule has 0 aromatic carbocycles. The van der Waals surface area contributed by atoms with Gasteiger partial charge in [0.2, 0.25) is 0 Å². The molecule has 0 aromatic heterocycles. The van der Waals surface area contributed by atoms with Crippen LogP contribution in [0.5, 0.6) is 0 Å². The molecular formula is C73H132O6. The van der Waals surface area contributed by atoms with Gasteiger partial charge in [-0.1, -0.05) is 345 Å². The van der Waals surface area contributed by atoms with Crippen LogP contribution >= 0.6 is 0 Å². The molecule has 0 heterocycles. The minimum atomic E-state index is -0.781. The summed E-state index contributed by atoms with van der Waals surface area (Å²) in [5, 5.41) is 0. The molecule has 6 nitrogen and oxygen atoms in total. The second-order valence-corrected chi connectivity index (χ2v) is 23.4. The maximum Gasteiger partial charge on any atom is 0.306 e. The Hall–Kier alpha value is -2.89. The van der Waals surface area contributed by atoms with Crippen molar-refractivity contribution in [1.82, 2.24) is 0 Å². The van der Waals surface area contributed by atoms with E-state index in [9.17, 15) is 14.4 Å². The molecule has 6 heteroatoms. The van der Waals surface area contributed by atoms with E-state index in [1.165, 1.54) is 218 Å². The molecule has 0 fully saturated rings. The summed E-state index contributed by atoms with van der Waals surface area (Å²) in [6.07, 6.45) is 86.7. The summed E-state index contributed by atoms with van der Waals surface area (Å²) in [6, 6.07) is 0. The van der Waals surface area contributed by atoms with Crippen LogP contribution in [-0.2, 0) is 28.6 Å². The first-order chi connectivity index (χ1) is 39.0. The zero-order chi connectivity index (χ0) is 57.1. The normalized spacial score (nSPS) is 12.4. The molecule has 0 N–H and O–H groups in total. The summed E-state index contributed by atoms with van der Waals surface area (Å²) in [4.78, 5) is 38.5. The smallest absolute Gasteiger partial charge is 0.306 e. The molecule has 0 aliphatic rings. The van der Waals surface area contributed by atoms with Gasteiger partial charge in [-0.05, 0) is 64.2 Å². The fraction of sp³-hybridized carbons (Fsp3) is 0.822. The summed E-state index contributed by atoms with van der Waals surface area (Å²) < 4.78 is 17.0. The minimum Gasteiger partial charge on any atom is -0.462 e. The lowest BCUT2D eigenvalue weighted by atomic mass is 10.0. The van der Waals surface area contributed by atoms with Gasteiger partial charge in [0.1, 0.15) is 13.2 Å². The average Bonchev–Trinajstić information content (AvgIpc) is 3.45. The van der Waals surface area contributed by atoms with Gasteiger partial charge in [-0.15, -0.1) is 0 Å². The van der Waals surface area contributed by atoms with E-state index in [2.05, 4.69) is 81.5 Å². The molecule has 460 valence electrons. The Morgan fingerprint density at radius 3 is 0.772 bits per heavy atom. The highest BCUT2D eigenvalue weighted by Crippen LogP contribution is 2.18. The van der Waals surface area contributed by atoms with E-state index < -0.39 is 6.10 Å². The highest BCUT2D eigenvalue weighted by Gasteiger charge is 2.19. The summed E-state index contributed by atoms with van der Waals surface area (Å²) in [5.41, 5.74) is 0. The number of carbonyl (C=O) groups excluding carboxylic acids is 3. The Bertz CT molecular complexity index is 1410. The Morgan fingerprint density at radius 2 is 0.494 bits per heavy atom. The summed E-state index contributed by atoms with van der Waals surface area (Å²) in [5.74, 6) is -0.868. The maximum absolute atomic E-state index is 13.0. The van der Waals surface area contributed by atoms with Crippen molar-refractivity contribution in [3.8, 4) is 0 Å². The standard InChI is InChI=1S/C73H132O6/c1-4-7-10-13-16-19-22-25-28-31-34-37-40-42-45-48-51-54-57-60-63-66-72(75)78-69-70(79-73(76)67-64-61-58-55-52-49-46-43-39-36-33-30-27-24-21-18-15-12-9-6-3)68-77-71(74)65-62-59-56-53-50-47-44-41-38-35-32-29-26-23-20-17-14-11-8-5-2/h7,10,16,19,25,28,34,37,42,45,70H,4-6,8-9,11-15,17-18,20-24,26-27,29-33,35-36,38-41,43-44,46-69H2,1-3H3/b10-7-,19-16-,28-25-,37-34-,45-42-. The number of hydrogen-bond acceptors (Lipinski definition) is 6. The number of ether oxygens (including phenoxy) is 3. The van der Waals surface area contributed by atoms with Gasteiger partial charge in [0.25, 0.3) is 0 Å². The molecule has 0 aliphatic carbocycles. The van der Waals surface area contributed by atoms with Crippen LogP contribution in [-0.4, -0.2) is 37.2 Å². The van der Waals surface area contributed by atoms with Crippen LogP contribution in [0.1, 0.15) is 367 Å². The molecule has 0 bridgehead atoms. The quantitative estimate of drug-likeness (QED) is 0.0261. The van der Waals surface area contributed by atoms with Crippen molar-refractivity contribution in [2.75, 3.05) is 13.2 Å². The lowest BCUT2D eigenvalue weighted by molar-refractivity contribution is -0.167. The Balaban J connectivity index is 4.36. The van der Waals surface area contributed by atoms with E-state index in [0.717, 1.165) is 109 Å². The maximum atomic E-state index is 13.0. The zero-order valence-electron chi connectivity index (χ0n) is 52.9. The molecule has 0 aromatic rings. The number of carbonyl (C=O) groups is 3. The Kier molecular flexibility index (Phi) is 65.1. The van der Waals surface area contributed by atoms with Gasteiger partial charge in [0.05, 0.1) is 0 Å². The third-order valence-electron chi connectivity index (χ3n) is 15.5. The van der Waals surface area contributed by atoms with Crippen LogP contribution in [0.4, 0.5) is 0 Å². The molecule has 1 atom stereocenters. The number of allylic oxidation sites excluding steroid dienone is 10. The van der Waals surface area contributed by atoms with Gasteiger partial charge in [-0.3, -0.25) is 14.4 Å². The van der Waals surface area contributed by atoms with Crippen molar-refractivity contribution in [3.05, 3.63) is 60.8 Å². The van der Waals surface area contributed by atoms with E-state index in [1.54, 1.807) is 0 Å². The summed E-state index contributed by atoms with van der Waals surface area (Å²) >= 11 is 0. The van der Waals surface area contributed by atoms with Gasteiger partial charge in [-0.25, -0.2) is 0 Å². The summed E-state index contributed by atoms with van der Waals surface area (Å²) in [6.45, 7) is 6.58. The largest absolute Gasteiger partial charge is 0.462 e. The van der Waals surface area contributed by atoms with Crippen LogP contribution in [0.25, 0.3) is 0 Å². The molecule has 0 radical (unpaired) electrons. The van der Waals surface area contributed by atoms with Crippen molar-refractivity contribution in [3.63, 3.8) is 0 Å². The SMILES string of the molecule is CC/C=C\C/C=C\C/C=C\C/C=C\C/C=C\CCCCCCCC(=O)OCC(COC(=O)CCCCCCCCCCCCCCCCCCCCCC)OC(=O)CCCCCCCCCCCCCCCCCCCCCC. The van der Waals surface area contributed by atoms with Gasteiger partial charge in [0, 0.05) is 19.3 Å². The van der Waals surface area contributed by atoms with Crippen LogP contribution < -0.4 is 0 Å². The number of esters is 3. The lowest BCUT2D eigenvalue weighted by Crippen LogP contribution is -2.30. The fourth-order valence-corrected chi connectivity index (χ4v) is 10.4. The van der Waals surface area contributed by atoms with Gasteiger partial charge in [-0.2, -0.15) is 0 Å². The van der Waals surface area contributed by atoms with Gasteiger partial charge in [0.15, 0.2) is 6.10 Å². The second kappa shape index (κ2) is 67.6. The van der Waals surface area contributed by atoms with E-state index in [-0.39, 0.29) is 31.1 Å². The number of unbranched alkanes of at least 4 members (excludes halogenated alkanes) is 43. The molecule has 0 amide bonds. The van der Waals surface area contributed by atoms with Crippen LogP contribution in [0.3, 0.4) is 0 Å². The minimum absolute atomic E-state index is 0.0752. The van der Waals surface area contributed by atoms with Crippen molar-refractivity contribution >= 4 is 17.9 Å². The number of rotatable bonds is 64. The topological polar surface area (TPSA) is 78.9 Å². The molecule has 0 aliphatic heterocycles. The van der Waals surface area contributed by atoms with Crippen molar-refractivity contribution < 1.29 is 28.6 Å². The zero-order valence-corrected chi connectivity index (χ0v) is 52.9. The third-order valence-corrected chi connectivity index (χ3v) is 15.5. The molecule has 79 heavy (non-hydrogen) atoms. The van der Waals surface area contributed by atoms with Crippen LogP contribution in [0.2, 0.25) is 0 Å². The third kappa shape index (κ3) is 65.8. The van der Waals surface area contributed by atoms with Gasteiger partial charge < -0.3 is 14.2 Å². The van der Waals surface area contributed by atoms with E-state index in [0.29, 0.717) is 19.3 Å². The molecule has 0 saturated carbocycles. The van der Waals surface area contributed by atoms with E-state index in [1.807, 2.05) is 0 Å². The Morgan fingerprint density at radius 1 is 0.266 bits per heavy atom. The first-order valence-corrected chi connectivity index (χ1v) is 34.8. The molecule has 1 unspecified atom stereocenters. The van der Waals surface area contributed by atoms with Gasteiger partial charge >= 0.3 is 17.9 Å². The molecule has 0 spiro atoms. The first-order valence-electron chi connectivity index (χ1n) is 34.8. The summed E-state index contributed by atoms with van der Waals surface area (Å²) in [7, 11) is 0. The predicted octanol–water partition coefficient (Wildman–Crippen LogP) is 23.9. The van der Waals surface area contributed by atoms with Crippen molar-refractivity contribution in [1.29, 1.82) is 0 Å². The molecular weight excluding hydrogens is 973 g/mol. The van der Waals surface area contributed by atoms with Crippen LogP contribution in [0.15, 0.2) is 60.8 Å². The monoisotopic (exact) mass is 1110 g/mol. The molecule has 0 rings (SSSR count). The highest BCUT2D eigenvalue weighted by atomic mass is 16.6. The van der Waals surface area contributed by atoms with E-state index in [4.69, 9.17) is 14.2 Å². The van der Waals surface area contributed by atoms with Crippen molar-refractivity contribution in [2.24, 2.45) is 0 Å². The predicted molar refractivity (Wildman–Crippen MR) is 344 cm³/mol. The average molecular weight is 1110 g/mol. The Labute approximate surface area is 491 Å². The second-order valence-electron chi connectivity index (χ2n) is 23.4. The first kappa shape index (κ1) is 76.1. The highest BCUT2D eigenvalue weighted by molar-refractivity contribution is 5.71. The fourth-order valence-electron chi connectivity index (χ4n) is 10.4. The lowest BCUT2D eigenvalue weighted by Gasteiger charge is -2.18. The van der Waals surface area contributed by atoms with Crippen molar-refractivity contribution in [2.45, 2.75) is 374 Å². The van der Waals surface area contributed by atoms with Crippen LogP contribution in [0, 0.1) is 0 Å². The molecule has 0 saturated heterocycles.